The van der Waals surface area contributed by atoms with Crippen LogP contribution in [0.2, 0.25) is 0 Å². The molecule has 158 valence electrons. The third-order valence-electron chi connectivity index (χ3n) is 5.09. The third-order valence-corrected chi connectivity index (χ3v) is 5.09. The van der Waals surface area contributed by atoms with Gasteiger partial charge in [-0.05, 0) is 32.3 Å². The molecular formula is C21H26O8. The number of carbonyl (C=O) groups excluding carboxylic acids is 4. The van der Waals surface area contributed by atoms with Crippen molar-refractivity contribution in [1.82, 2.24) is 0 Å². The first kappa shape index (κ1) is 22.5. The van der Waals surface area contributed by atoms with E-state index in [9.17, 15) is 24.3 Å². The second-order valence-electron chi connectivity index (χ2n) is 7.76. The molecule has 1 fully saturated rings. The number of ether oxygens (including phenoxy) is 3. The maximum absolute atomic E-state index is 12.7. The van der Waals surface area contributed by atoms with Gasteiger partial charge in [0.2, 0.25) is 0 Å². The number of carbonyl (C=O) groups is 4. The van der Waals surface area contributed by atoms with Gasteiger partial charge in [-0.25, -0.2) is 9.59 Å². The summed E-state index contributed by atoms with van der Waals surface area (Å²) >= 11 is 0. The molecule has 8 nitrogen and oxygen atoms in total. The van der Waals surface area contributed by atoms with Crippen LogP contribution in [0.4, 0.5) is 0 Å². The van der Waals surface area contributed by atoms with E-state index in [1.807, 2.05) is 6.92 Å². The van der Waals surface area contributed by atoms with Crippen LogP contribution < -0.4 is 0 Å². The SMILES string of the molecule is C=C(C)C(=O)O[C@@H]1[C@@H](OC(C)=O)[C@H]2C(=C)C(=O)O[C@@H]2C[C@@H](C)/C=C\C(=O)[C@@]1(C)O. The first-order chi connectivity index (χ1) is 13.4. The van der Waals surface area contributed by atoms with Gasteiger partial charge in [-0.3, -0.25) is 9.59 Å². The summed E-state index contributed by atoms with van der Waals surface area (Å²) in [6.07, 6.45) is -0.665. The van der Waals surface area contributed by atoms with Gasteiger partial charge in [-0.2, -0.15) is 0 Å². The van der Waals surface area contributed by atoms with Gasteiger partial charge in [0.15, 0.2) is 23.6 Å². The fourth-order valence-electron chi connectivity index (χ4n) is 3.49. The molecule has 6 atom stereocenters. The molecule has 29 heavy (non-hydrogen) atoms. The lowest BCUT2D eigenvalue weighted by atomic mass is 9.77. The Hall–Kier alpha value is -2.74. The second kappa shape index (κ2) is 8.32. The molecule has 0 saturated carbocycles. The Kier molecular flexibility index (Phi) is 6.47. The van der Waals surface area contributed by atoms with E-state index in [-0.39, 0.29) is 17.1 Å². The van der Waals surface area contributed by atoms with Gasteiger partial charge in [-0.1, -0.05) is 26.2 Å². The molecule has 0 aromatic rings. The van der Waals surface area contributed by atoms with Gasteiger partial charge in [0.25, 0.3) is 0 Å². The quantitative estimate of drug-likeness (QED) is 0.425. The van der Waals surface area contributed by atoms with E-state index < -0.39 is 53.5 Å². The summed E-state index contributed by atoms with van der Waals surface area (Å²) in [7, 11) is 0. The summed E-state index contributed by atoms with van der Waals surface area (Å²) in [6.45, 7) is 12.7. The van der Waals surface area contributed by atoms with E-state index in [1.54, 1.807) is 6.08 Å². The summed E-state index contributed by atoms with van der Waals surface area (Å²) in [5.74, 6) is -4.15. The summed E-state index contributed by atoms with van der Waals surface area (Å²) in [5, 5.41) is 11.0. The maximum Gasteiger partial charge on any atom is 0.334 e. The van der Waals surface area contributed by atoms with Crippen LogP contribution >= 0.6 is 0 Å². The predicted molar refractivity (Wildman–Crippen MR) is 101 cm³/mol. The molecule has 1 N–H and O–H groups in total. The molecule has 8 heteroatoms. The van der Waals surface area contributed by atoms with Crippen molar-refractivity contribution in [2.24, 2.45) is 11.8 Å². The van der Waals surface area contributed by atoms with Crippen LogP contribution in [0, 0.1) is 11.8 Å². The van der Waals surface area contributed by atoms with E-state index in [0.29, 0.717) is 6.42 Å². The highest BCUT2D eigenvalue weighted by molar-refractivity contribution is 5.98. The van der Waals surface area contributed by atoms with Crippen LogP contribution in [0.5, 0.6) is 0 Å². The summed E-state index contributed by atoms with van der Waals surface area (Å²) < 4.78 is 16.2. The number of hydrogen-bond acceptors (Lipinski definition) is 8. The summed E-state index contributed by atoms with van der Waals surface area (Å²) in [6, 6.07) is 0. The van der Waals surface area contributed by atoms with Crippen molar-refractivity contribution in [2.45, 2.75) is 58.0 Å². The molecule has 0 amide bonds. The van der Waals surface area contributed by atoms with Gasteiger partial charge in [0.1, 0.15) is 6.10 Å². The molecule has 1 aliphatic heterocycles. The Labute approximate surface area is 169 Å². The van der Waals surface area contributed by atoms with Gasteiger partial charge >= 0.3 is 17.9 Å². The van der Waals surface area contributed by atoms with E-state index in [2.05, 4.69) is 13.2 Å². The van der Waals surface area contributed by atoms with Gasteiger partial charge < -0.3 is 19.3 Å². The lowest BCUT2D eigenvalue weighted by Crippen LogP contribution is -2.58. The Morgan fingerprint density at radius 2 is 1.90 bits per heavy atom. The molecule has 0 aromatic carbocycles. The zero-order valence-electron chi connectivity index (χ0n) is 17.0. The Morgan fingerprint density at radius 3 is 2.45 bits per heavy atom. The fraction of sp³-hybridized carbons (Fsp3) is 0.524. The van der Waals surface area contributed by atoms with Crippen LogP contribution in [0.15, 0.2) is 36.5 Å². The molecule has 0 bridgehead atoms. The lowest BCUT2D eigenvalue weighted by molar-refractivity contribution is -0.194. The molecule has 0 radical (unpaired) electrons. The van der Waals surface area contributed by atoms with Gasteiger partial charge in [0, 0.05) is 18.1 Å². The van der Waals surface area contributed by atoms with E-state index in [1.165, 1.54) is 13.0 Å². The van der Waals surface area contributed by atoms with Crippen molar-refractivity contribution >= 4 is 23.7 Å². The molecular weight excluding hydrogens is 380 g/mol. The Bertz CT molecular complexity index is 791. The van der Waals surface area contributed by atoms with Gasteiger partial charge in [0.05, 0.1) is 5.92 Å². The highest BCUT2D eigenvalue weighted by atomic mass is 16.6. The predicted octanol–water partition coefficient (Wildman–Crippen LogP) is 1.42. The van der Waals surface area contributed by atoms with E-state index in [4.69, 9.17) is 14.2 Å². The monoisotopic (exact) mass is 406 g/mol. The van der Waals surface area contributed by atoms with Crippen LogP contribution in [0.3, 0.4) is 0 Å². The van der Waals surface area contributed by atoms with Crippen LogP contribution in [-0.2, 0) is 33.4 Å². The number of aliphatic hydroxyl groups is 1. The van der Waals surface area contributed by atoms with Crippen LogP contribution in [-0.4, -0.2) is 52.7 Å². The van der Waals surface area contributed by atoms with Crippen LogP contribution in [0.1, 0.15) is 34.1 Å². The minimum atomic E-state index is -2.25. The number of esters is 3. The first-order valence-electron chi connectivity index (χ1n) is 9.24. The van der Waals surface area contributed by atoms with Crippen molar-refractivity contribution in [3.8, 4) is 0 Å². The zero-order valence-corrected chi connectivity index (χ0v) is 17.0. The molecule has 2 aliphatic rings. The minimum Gasteiger partial charge on any atom is -0.458 e. The normalized spacial score (nSPS) is 35.9. The number of allylic oxidation sites excluding steroid dienone is 1. The zero-order chi connectivity index (χ0) is 22.1. The molecule has 0 spiro atoms. The smallest absolute Gasteiger partial charge is 0.334 e. The highest BCUT2D eigenvalue weighted by Crippen LogP contribution is 2.40. The molecule has 0 unspecified atom stereocenters. The van der Waals surface area contributed by atoms with Crippen molar-refractivity contribution in [3.63, 3.8) is 0 Å². The molecule has 1 saturated heterocycles. The average Bonchev–Trinajstić information content (AvgIpc) is 2.88. The molecule has 1 aliphatic carbocycles. The minimum absolute atomic E-state index is 0.0117. The lowest BCUT2D eigenvalue weighted by Gasteiger charge is -2.39. The standard InChI is InChI=1S/C21H26O8/c1-10(2)19(24)29-18-17(27-13(5)22)16-12(4)20(25)28-14(16)9-11(3)7-8-15(23)21(18,6)26/h7-8,11,14,16-18,26H,1,4,9H2,2-3,5-6H3/b8-7-/t11-,14+,16-,17-,18+,21+/m0/s1. The highest BCUT2D eigenvalue weighted by Gasteiger charge is 2.55. The van der Waals surface area contributed by atoms with Crippen molar-refractivity contribution < 1.29 is 38.5 Å². The topological polar surface area (TPSA) is 116 Å². The van der Waals surface area contributed by atoms with E-state index >= 15 is 0 Å². The molecule has 2 rings (SSSR count). The fourth-order valence-corrected chi connectivity index (χ4v) is 3.49. The number of hydrogen-bond donors (Lipinski definition) is 1. The van der Waals surface area contributed by atoms with Crippen molar-refractivity contribution in [3.05, 3.63) is 36.5 Å². The van der Waals surface area contributed by atoms with Crippen molar-refractivity contribution in [2.75, 3.05) is 0 Å². The van der Waals surface area contributed by atoms with E-state index in [0.717, 1.165) is 13.8 Å². The number of ketones is 1. The number of rotatable bonds is 3. The first-order valence-corrected chi connectivity index (χ1v) is 9.24. The summed E-state index contributed by atoms with van der Waals surface area (Å²) in [5.41, 5.74) is -2.22. The average molecular weight is 406 g/mol. The molecule has 1 heterocycles. The Morgan fingerprint density at radius 1 is 1.28 bits per heavy atom. The third kappa shape index (κ3) is 4.64. The Balaban J connectivity index is 2.67. The number of fused-ring (bicyclic) bond motifs is 1. The molecule has 0 aromatic heterocycles. The largest absolute Gasteiger partial charge is 0.458 e. The second-order valence-corrected chi connectivity index (χ2v) is 7.76. The summed E-state index contributed by atoms with van der Waals surface area (Å²) in [4.78, 5) is 49.0. The van der Waals surface area contributed by atoms with Crippen molar-refractivity contribution in [1.29, 1.82) is 0 Å². The van der Waals surface area contributed by atoms with Gasteiger partial charge in [-0.15, -0.1) is 0 Å². The maximum atomic E-state index is 12.7. The van der Waals surface area contributed by atoms with Crippen LogP contribution in [0.25, 0.3) is 0 Å².